The van der Waals surface area contributed by atoms with Crippen LogP contribution in [0.15, 0.2) is 42.5 Å². The molecule has 11 heteroatoms. The molecule has 2 amide bonds. The van der Waals surface area contributed by atoms with E-state index >= 15 is 0 Å². The van der Waals surface area contributed by atoms with Crippen molar-refractivity contribution in [1.82, 2.24) is 10.2 Å². The Bertz CT molecular complexity index is 1150. The Balaban J connectivity index is 2.47. The number of benzene rings is 2. The van der Waals surface area contributed by atoms with E-state index in [1.54, 1.807) is 37.3 Å². The number of halogens is 3. The van der Waals surface area contributed by atoms with Crippen LogP contribution >= 0.6 is 34.8 Å². The van der Waals surface area contributed by atoms with Gasteiger partial charge in [-0.05, 0) is 58.0 Å². The van der Waals surface area contributed by atoms with Crippen molar-refractivity contribution in [3.63, 3.8) is 0 Å². The molecule has 2 aromatic rings. The summed E-state index contributed by atoms with van der Waals surface area (Å²) in [6.07, 6.45) is 0.992. The summed E-state index contributed by atoms with van der Waals surface area (Å²) in [7, 11) is -3.85. The van der Waals surface area contributed by atoms with E-state index in [9.17, 15) is 18.0 Å². The van der Waals surface area contributed by atoms with Crippen molar-refractivity contribution in [1.29, 1.82) is 0 Å². The quantitative estimate of drug-likeness (QED) is 0.516. The molecule has 34 heavy (non-hydrogen) atoms. The van der Waals surface area contributed by atoms with Gasteiger partial charge in [-0.3, -0.25) is 13.9 Å². The second-order valence-electron chi connectivity index (χ2n) is 8.89. The number of hydrogen-bond donors (Lipinski definition) is 1. The SMILES string of the molecule is CC(C(=O)NC(C)(C)C)N(Cc1c(Cl)cccc1Cl)C(=O)CN(c1cccc(Cl)c1)S(C)(=O)=O. The minimum atomic E-state index is -3.85. The molecule has 0 spiro atoms. The van der Waals surface area contributed by atoms with Gasteiger partial charge in [0, 0.05) is 32.7 Å². The Hall–Kier alpha value is -2.00. The fourth-order valence-corrected chi connectivity index (χ4v) is 4.70. The fourth-order valence-electron chi connectivity index (χ4n) is 3.16. The standard InChI is InChI=1S/C23H28Cl3N3O4S/c1-15(22(31)27-23(2,3)4)28(13-18-19(25)10-7-11-20(18)26)21(30)14-29(34(5,32)33)17-9-6-8-16(24)12-17/h6-12,15H,13-14H2,1-5H3,(H,27,31). The molecule has 2 rings (SSSR count). The van der Waals surface area contributed by atoms with Gasteiger partial charge in [0.15, 0.2) is 0 Å². The molecule has 2 aromatic carbocycles. The third-order valence-electron chi connectivity index (χ3n) is 4.83. The van der Waals surface area contributed by atoms with Crippen LogP contribution in [0.1, 0.15) is 33.3 Å². The number of carbonyl (C=O) groups is 2. The fraction of sp³-hybridized carbons (Fsp3) is 0.391. The predicted octanol–water partition coefficient (Wildman–Crippen LogP) is 4.74. The highest BCUT2D eigenvalue weighted by atomic mass is 35.5. The van der Waals surface area contributed by atoms with E-state index in [4.69, 9.17) is 34.8 Å². The van der Waals surface area contributed by atoms with Crippen molar-refractivity contribution >= 4 is 62.3 Å². The summed E-state index contributed by atoms with van der Waals surface area (Å²) in [5, 5.41) is 3.81. The smallest absolute Gasteiger partial charge is 0.244 e. The average Bonchev–Trinajstić information content (AvgIpc) is 2.69. The summed E-state index contributed by atoms with van der Waals surface area (Å²) >= 11 is 18.7. The number of rotatable bonds is 8. The third kappa shape index (κ3) is 7.77. The molecule has 7 nitrogen and oxygen atoms in total. The lowest BCUT2D eigenvalue weighted by molar-refractivity contribution is -0.140. The first-order chi connectivity index (χ1) is 15.6. The Morgan fingerprint density at radius 1 is 1.03 bits per heavy atom. The predicted molar refractivity (Wildman–Crippen MR) is 138 cm³/mol. The number of carbonyl (C=O) groups excluding carboxylic acids is 2. The number of nitrogens with one attached hydrogen (secondary N) is 1. The lowest BCUT2D eigenvalue weighted by atomic mass is 10.1. The molecule has 0 bridgehead atoms. The Kier molecular flexibility index (Phi) is 9.27. The summed E-state index contributed by atoms with van der Waals surface area (Å²) in [6.45, 7) is 6.38. The zero-order valence-electron chi connectivity index (χ0n) is 19.6. The average molecular weight is 549 g/mol. The van der Waals surface area contributed by atoms with E-state index in [1.165, 1.54) is 17.0 Å². The zero-order valence-corrected chi connectivity index (χ0v) is 22.7. The molecule has 1 N–H and O–H groups in total. The number of nitrogens with zero attached hydrogens (tertiary/aromatic N) is 2. The molecule has 0 aliphatic heterocycles. The first-order valence-electron chi connectivity index (χ1n) is 10.4. The van der Waals surface area contributed by atoms with E-state index in [0.717, 1.165) is 10.6 Å². The summed E-state index contributed by atoms with van der Waals surface area (Å²) in [6, 6.07) is 10.1. The summed E-state index contributed by atoms with van der Waals surface area (Å²) in [5.74, 6) is -1.02. The highest BCUT2D eigenvalue weighted by Crippen LogP contribution is 2.27. The lowest BCUT2D eigenvalue weighted by Gasteiger charge is -2.33. The van der Waals surface area contributed by atoms with Gasteiger partial charge in [0.2, 0.25) is 21.8 Å². The molecule has 1 atom stereocenters. The highest BCUT2D eigenvalue weighted by molar-refractivity contribution is 7.92. The molecule has 0 saturated carbocycles. The van der Waals surface area contributed by atoms with E-state index in [1.807, 2.05) is 20.8 Å². The van der Waals surface area contributed by atoms with Crippen LogP contribution in [-0.4, -0.2) is 49.5 Å². The number of anilines is 1. The monoisotopic (exact) mass is 547 g/mol. The molecule has 0 saturated heterocycles. The van der Waals surface area contributed by atoms with E-state index in [0.29, 0.717) is 20.6 Å². The minimum absolute atomic E-state index is 0.0940. The van der Waals surface area contributed by atoms with Crippen LogP contribution in [-0.2, 0) is 26.2 Å². The number of hydrogen-bond acceptors (Lipinski definition) is 4. The van der Waals surface area contributed by atoms with Crippen LogP contribution in [0.3, 0.4) is 0 Å². The van der Waals surface area contributed by atoms with Crippen molar-refractivity contribution in [2.45, 2.75) is 45.8 Å². The molecule has 0 fully saturated rings. The second-order valence-corrected chi connectivity index (χ2v) is 12.0. The van der Waals surface area contributed by atoms with Crippen molar-refractivity contribution in [3.8, 4) is 0 Å². The van der Waals surface area contributed by atoms with Crippen LogP contribution in [0.25, 0.3) is 0 Å². The molecule has 0 radical (unpaired) electrons. The lowest BCUT2D eigenvalue weighted by Crippen LogP contribution is -2.54. The van der Waals surface area contributed by atoms with Crippen molar-refractivity contribution in [3.05, 3.63) is 63.1 Å². The van der Waals surface area contributed by atoms with Crippen LogP contribution in [0.4, 0.5) is 5.69 Å². The Labute approximate surface area is 216 Å². The number of sulfonamides is 1. The van der Waals surface area contributed by atoms with Crippen LogP contribution in [0, 0.1) is 0 Å². The summed E-state index contributed by atoms with van der Waals surface area (Å²) in [4.78, 5) is 27.7. The highest BCUT2D eigenvalue weighted by Gasteiger charge is 2.32. The van der Waals surface area contributed by atoms with Gasteiger partial charge in [-0.15, -0.1) is 0 Å². The second kappa shape index (κ2) is 11.2. The van der Waals surface area contributed by atoms with E-state index in [-0.39, 0.29) is 12.2 Å². The van der Waals surface area contributed by atoms with Gasteiger partial charge in [-0.2, -0.15) is 0 Å². The van der Waals surface area contributed by atoms with Crippen molar-refractivity contribution in [2.75, 3.05) is 17.1 Å². The molecular weight excluding hydrogens is 521 g/mol. The maximum Gasteiger partial charge on any atom is 0.244 e. The summed E-state index contributed by atoms with van der Waals surface area (Å²) in [5.41, 5.74) is 0.135. The van der Waals surface area contributed by atoms with E-state index < -0.39 is 40.0 Å². The largest absolute Gasteiger partial charge is 0.350 e. The number of amides is 2. The molecular formula is C23H28Cl3N3O4S. The van der Waals surface area contributed by atoms with Crippen molar-refractivity contribution < 1.29 is 18.0 Å². The zero-order chi connectivity index (χ0) is 25.8. The van der Waals surface area contributed by atoms with Gasteiger partial charge >= 0.3 is 0 Å². The van der Waals surface area contributed by atoms with Gasteiger partial charge < -0.3 is 10.2 Å². The van der Waals surface area contributed by atoms with Crippen LogP contribution < -0.4 is 9.62 Å². The Morgan fingerprint density at radius 3 is 2.09 bits per heavy atom. The Morgan fingerprint density at radius 2 is 1.59 bits per heavy atom. The first kappa shape index (κ1) is 28.2. The molecule has 0 aliphatic rings. The molecule has 0 aliphatic carbocycles. The van der Waals surface area contributed by atoms with Gasteiger partial charge in [0.05, 0.1) is 11.9 Å². The van der Waals surface area contributed by atoms with Gasteiger partial charge in [-0.25, -0.2) is 8.42 Å². The van der Waals surface area contributed by atoms with Gasteiger partial charge in [0.25, 0.3) is 0 Å². The summed E-state index contributed by atoms with van der Waals surface area (Å²) < 4.78 is 26.0. The van der Waals surface area contributed by atoms with Gasteiger partial charge in [-0.1, -0.05) is 46.9 Å². The van der Waals surface area contributed by atoms with Crippen LogP contribution in [0.2, 0.25) is 15.1 Å². The molecule has 0 heterocycles. The molecule has 186 valence electrons. The normalized spacial score (nSPS) is 12.7. The maximum absolute atomic E-state index is 13.5. The third-order valence-corrected chi connectivity index (χ3v) is 6.91. The van der Waals surface area contributed by atoms with Crippen molar-refractivity contribution in [2.24, 2.45) is 0 Å². The van der Waals surface area contributed by atoms with Gasteiger partial charge in [0.1, 0.15) is 12.6 Å². The van der Waals surface area contributed by atoms with E-state index in [2.05, 4.69) is 5.32 Å². The minimum Gasteiger partial charge on any atom is -0.350 e. The molecule has 1 unspecified atom stereocenters. The topological polar surface area (TPSA) is 86.8 Å². The van der Waals surface area contributed by atoms with Crippen LogP contribution in [0.5, 0.6) is 0 Å². The maximum atomic E-state index is 13.5. The first-order valence-corrected chi connectivity index (χ1v) is 13.4. The molecule has 0 aromatic heterocycles.